The molecule has 6 aromatic heterocycles. The highest BCUT2D eigenvalue weighted by atomic mass is 32.2. The number of hydroxylamine groups is 3. The van der Waals surface area contributed by atoms with Gasteiger partial charge in [-0.15, -0.1) is 0 Å². The Hall–Kier alpha value is -12.9. The maximum Gasteiger partial charge on any atom is 0.280 e. The van der Waals surface area contributed by atoms with Gasteiger partial charge in [-0.25, -0.2) is 48.2 Å². The van der Waals surface area contributed by atoms with Crippen LogP contribution in [0.5, 0.6) is 0 Å². The van der Waals surface area contributed by atoms with Gasteiger partial charge in [0, 0.05) is 163 Å². The highest BCUT2D eigenvalue weighted by molar-refractivity contribution is 7.91. The number of piperazine rings is 2. The highest BCUT2D eigenvalue weighted by Crippen LogP contribution is 2.32. The average molecular weight is 1790 g/mol. The van der Waals surface area contributed by atoms with E-state index in [1.165, 1.54) is 108 Å². The molecule has 0 spiro atoms. The fourth-order valence-electron chi connectivity index (χ4n) is 17.4. The number of nitrogens with one attached hydrogen (secondary N) is 6. The minimum absolute atomic E-state index is 0.0606. The van der Waals surface area contributed by atoms with Gasteiger partial charge in [0.1, 0.15) is 16.7 Å². The van der Waals surface area contributed by atoms with Crippen molar-refractivity contribution >= 4 is 111 Å². The number of sulfone groups is 1. The lowest BCUT2D eigenvalue weighted by Crippen LogP contribution is -2.48. The minimum atomic E-state index is -3.15. The summed E-state index contributed by atoms with van der Waals surface area (Å²) in [6.07, 6.45) is 22.0. The molecule has 3 fully saturated rings. The van der Waals surface area contributed by atoms with Crippen molar-refractivity contribution in [2.24, 2.45) is 0 Å². The summed E-state index contributed by atoms with van der Waals surface area (Å²) in [7, 11) is -2.10. The molecular formula is C93H102N20O14S2. The van der Waals surface area contributed by atoms with Gasteiger partial charge in [0.05, 0.1) is 55.2 Å². The fourth-order valence-corrected chi connectivity index (χ4v) is 19.5. The molecule has 12 aromatic rings. The number of carbonyl (C=O) groups is 4. The number of carbonyl (C=O) groups excluding carboxylic acids is 4. The van der Waals surface area contributed by atoms with Gasteiger partial charge in [0.25, 0.3) is 17.7 Å². The summed E-state index contributed by atoms with van der Waals surface area (Å²) in [5.74, 6) is -0.408. The van der Waals surface area contributed by atoms with Gasteiger partial charge in [-0.05, 0) is 200 Å². The maximum absolute atomic E-state index is 13.3. The first-order chi connectivity index (χ1) is 62.4. The summed E-state index contributed by atoms with van der Waals surface area (Å²) in [5, 5.41) is 10.5. The lowest BCUT2D eigenvalue weighted by molar-refractivity contribution is -0.130. The first kappa shape index (κ1) is 89.5. The quantitative estimate of drug-likeness (QED) is 0.0295. The zero-order valence-corrected chi connectivity index (χ0v) is 74.1. The topological polar surface area (TPSA) is 396 Å². The standard InChI is InChI=1S/C32H35N7O4.C31H35N7O5S.C30H32N6O5S/c1-21(40)38-15-13-37(14-16-38)12-11-22-5-3-8-25(17-22)34-32-33-19-27-29(41)28(31(42)36-43-2)20-39(30(27)35-32)26-10-9-23-6-4-7-24(23)18-26;1-43-35-30(40)27-20-38(25-10-9-22-6-4-7-23(22)18-25)29-26(28(27)39)19-32-31(34-29)33-24-8-3-5-21(17-24)11-12-36-13-15-37(16-14-36)44(2,41)42;1-41-34-29(38)26-19-36(24-9-8-21-5-3-6-22(21)17-24)28-25(27(26)37)18-31-30(33-28)32-23-7-2-4-20(16-23)10-11-35-12-14-42(39,40)15-13-35/h3,5,8-10,17-20H,4,6-7,11-16H2,1-2H3,(H,36,42)(H,33,34,35);3,5,8-10,17-20H,4,6-7,11-16H2,1-2H3,(H,35,40)(H,32,33,34);2,4,7-9,16-19H,3,5-6,10-15H2,1H3,(H,34,38)(H,31,32,33). The second kappa shape index (κ2) is 39.8. The van der Waals surface area contributed by atoms with E-state index in [4.69, 9.17) is 29.5 Å². The zero-order chi connectivity index (χ0) is 90.0. The van der Waals surface area contributed by atoms with Crippen LogP contribution in [0.4, 0.5) is 34.9 Å². The number of fused-ring (bicyclic) bond motifs is 6. The summed E-state index contributed by atoms with van der Waals surface area (Å²) in [5.41, 5.74) is 22.1. The predicted octanol–water partition coefficient (Wildman–Crippen LogP) is 8.01. The molecule has 0 saturated carbocycles. The molecule has 6 N–H and O–H groups in total. The molecule has 3 aliphatic heterocycles. The summed E-state index contributed by atoms with van der Waals surface area (Å²) in [4.78, 5) is 140. The highest BCUT2D eigenvalue weighted by Gasteiger charge is 2.29. The van der Waals surface area contributed by atoms with Gasteiger partial charge in [0.15, 0.2) is 26.8 Å². The van der Waals surface area contributed by atoms with E-state index >= 15 is 0 Å². The molecular weight excluding hydrogens is 1690 g/mol. The van der Waals surface area contributed by atoms with Crippen molar-refractivity contribution in [2.45, 2.75) is 84.0 Å². The van der Waals surface area contributed by atoms with Crippen molar-refractivity contribution < 1.29 is 50.5 Å². The number of hydrogen-bond acceptors (Lipinski definition) is 26. The van der Waals surface area contributed by atoms with Crippen molar-refractivity contribution in [1.82, 2.24) is 84.0 Å². The van der Waals surface area contributed by atoms with Crippen LogP contribution < -0.4 is 48.7 Å². The van der Waals surface area contributed by atoms with Crippen molar-refractivity contribution in [3.8, 4) is 17.1 Å². The second-order valence-corrected chi connectivity index (χ2v) is 37.2. The zero-order valence-electron chi connectivity index (χ0n) is 72.5. The van der Waals surface area contributed by atoms with Crippen LogP contribution in [0, 0.1) is 0 Å². The third kappa shape index (κ3) is 21.3. The number of pyridine rings is 3. The molecule has 0 atom stereocenters. The van der Waals surface area contributed by atoms with Crippen LogP contribution in [-0.4, -0.2) is 232 Å². The van der Waals surface area contributed by atoms with Crippen molar-refractivity contribution in [3.63, 3.8) is 0 Å². The first-order valence-electron chi connectivity index (χ1n) is 43.2. The van der Waals surface area contributed by atoms with Gasteiger partial charge < -0.3 is 44.4 Å². The third-order valence-electron chi connectivity index (χ3n) is 24.4. The molecule has 36 heteroatoms. The number of aromatic nitrogens is 9. The van der Waals surface area contributed by atoms with Gasteiger partial charge in [-0.2, -0.15) is 19.3 Å². The van der Waals surface area contributed by atoms with Crippen molar-refractivity contribution in [2.75, 3.05) is 140 Å². The molecule has 34 nitrogen and oxygen atoms in total. The van der Waals surface area contributed by atoms with Gasteiger partial charge >= 0.3 is 0 Å². The van der Waals surface area contributed by atoms with Crippen LogP contribution in [0.1, 0.15) is 107 Å². The molecule has 4 amide bonds. The Morgan fingerprint density at radius 3 is 1.05 bits per heavy atom. The monoisotopic (exact) mass is 1790 g/mol. The Balaban J connectivity index is 0.000000142. The Bertz CT molecular complexity index is 6720. The summed E-state index contributed by atoms with van der Waals surface area (Å²) in [6, 6.07) is 42.5. The Kier molecular flexibility index (Phi) is 27.6. The Morgan fingerprint density at radius 2 is 0.729 bits per heavy atom. The van der Waals surface area contributed by atoms with Gasteiger partial charge in [-0.3, -0.25) is 53.0 Å². The second-order valence-electron chi connectivity index (χ2n) is 32.9. The van der Waals surface area contributed by atoms with Gasteiger partial charge in [-0.1, -0.05) is 54.6 Å². The molecule has 6 aromatic carbocycles. The fraction of sp³-hybridized carbons (Fsp3) is 0.344. The Morgan fingerprint density at radius 1 is 0.411 bits per heavy atom. The van der Waals surface area contributed by atoms with Crippen molar-refractivity contribution in [3.05, 3.63) is 262 Å². The van der Waals surface area contributed by atoms with E-state index in [1.54, 1.807) is 20.6 Å². The lowest BCUT2D eigenvalue weighted by Gasteiger charge is -2.34. The first-order valence-corrected chi connectivity index (χ1v) is 46.9. The van der Waals surface area contributed by atoms with Crippen LogP contribution in [0.15, 0.2) is 179 Å². The van der Waals surface area contributed by atoms with Gasteiger partial charge in [0.2, 0.25) is 50.1 Å². The number of hydrogen-bond donors (Lipinski definition) is 6. The summed E-state index contributed by atoms with van der Waals surface area (Å²) in [6.45, 7) is 11.0. The summed E-state index contributed by atoms with van der Waals surface area (Å²) < 4.78 is 53.8. The molecule has 3 aliphatic carbocycles. The number of amides is 4. The van der Waals surface area contributed by atoms with E-state index in [9.17, 15) is 50.4 Å². The molecule has 129 heavy (non-hydrogen) atoms. The SMILES string of the molecule is CONC(=O)c1cn(-c2ccc3c(c2)CCC3)c2nc(Nc3cccc(CCN4CCN(C(C)=O)CC4)c3)ncc2c1=O.CONC(=O)c1cn(-c2ccc3c(c2)CCC3)c2nc(Nc3cccc(CCN4CCN(S(C)(=O)=O)CC4)c3)ncc2c1=O.CONC(=O)c1cn(-c2ccc3c(c2)CCC3)c2nc(Nc3cccc(CCN4CCS(=O)(=O)CC4)c3)ncc2c1=O. The number of nitrogens with zero attached hydrogens (tertiary/aromatic N) is 14. The molecule has 3 saturated heterocycles. The predicted molar refractivity (Wildman–Crippen MR) is 492 cm³/mol. The molecule has 0 bridgehead atoms. The number of benzene rings is 6. The van der Waals surface area contributed by atoms with E-state index in [2.05, 4.69) is 117 Å². The number of anilines is 6. The molecule has 18 rings (SSSR count). The largest absolute Gasteiger partial charge is 0.340 e. The van der Waals surface area contributed by atoms with E-state index in [0.717, 1.165) is 168 Å². The number of sulfonamides is 1. The molecule has 0 unspecified atom stereocenters. The normalized spacial score (nSPS) is 15.7. The number of rotatable bonds is 25. The van der Waals surface area contributed by atoms with Crippen LogP contribution in [0.25, 0.3) is 50.2 Å². The van der Waals surface area contributed by atoms with E-state index < -0.39 is 53.9 Å². The molecule has 6 aliphatic rings. The summed E-state index contributed by atoms with van der Waals surface area (Å²) >= 11 is 0. The van der Waals surface area contributed by atoms with E-state index in [1.807, 2.05) is 77.7 Å². The van der Waals surface area contributed by atoms with E-state index in [0.29, 0.717) is 74.1 Å². The number of aryl methyl sites for hydroxylation is 6. The van der Waals surface area contributed by atoms with E-state index in [-0.39, 0.29) is 50.3 Å². The minimum Gasteiger partial charge on any atom is -0.340 e. The van der Waals surface area contributed by atoms with Crippen LogP contribution in [-0.2, 0) is 97.0 Å². The van der Waals surface area contributed by atoms with Crippen molar-refractivity contribution in [1.29, 1.82) is 0 Å². The maximum atomic E-state index is 13.3. The molecule has 9 heterocycles. The smallest absolute Gasteiger partial charge is 0.280 e. The molecule has 670 valence electrons. The van der Waals surface area contributed by atoms with Crippen LogP contribution in [0.3, 0.4) is 0 Å². The van der Waals surface area contributed by atoms with Crippen LogP contribution >= 0.6 is 0 Å². The lowest BCUT2D eigenvalue weighted by atomic mass is 10.1. The third-order valence-corrected chi connectivity index (χ3v) is 27.3. The average Bonchev–Trinajstić information content (AvgIpc) is 1.04. The molecule has 0 radical (unpaired) electrons. The van der Waals surface area contributed by atoms with Crippen LogP contribution in [0.2, 0.25) is 0 Å². The Labute approximate surface area is 744 Å².